The molecule has 4 heteroatoms. The molecule has 3 saturated heterocycles. The Balaban J connectivity index is 1.81. The van der Waals surface area contributed by atoms with E-state index in [4.69, 9.17) is 4.74 Å². The minimum absolute atomic E-state index is 0.106. The third-order valence-electron chi connectivity index (χ3n) is 4.69. The quantitative estimate of drug-likeness (QED) is 0.718. The van der Waals surface area contributed by atoms with Crippen LogP contribution in [0.3, 0.4) is 0 Å². The zero-order valence-electron chi connectivity index (χ0n) is 11.8. The maximum absolute atomic E-state index is 12.4. The van der Waals surface area contributed by atoms with E-state index in [1.807, 2.05) is 25.7 Å². The third kappa shape index (κ3) is 1.81. The third-order valence-corrected chi connectivity index (χ3v) is 4.69. The normalized spacial score (nSPS) is 42.2. The maximum atomic E-state index is 12.4. The second-order valence-electron chi connectivity index (χ2n) is 7.40. The monoisotopic (exact) mass is 252 g/mol. The number of hydrogen-bond donors (Lipinski definition) is 1. The van der Waals surface area contributed by atoms with Crippen molar-refractivity contribution in [1.29, 1.82) is 0 Å². The van der Waals surface area contributed by atoms with Gasteiger partial charge >= 0.3 is 6.09 Å². The average Bonchev–Trinajstić information content (AvgIpc) is 2.33. The summed E-state index contributed by atoms with van der Waals surface area (Å²) in [6, 6.07) is 0.702. The zero-order chi connectivity index (χ0) is 13.1. The van der Waals surface area contributed by atoms with Crippen LogP contribution in [-0.4, -0.2) is 40.8 Å². The Labute approximate surface area is 109 Å². The molecule has 0 aliphatic carbocycles. The highest BCUT2D eigenvalue weighted by atomic mass is 16.6. The van der Waals surface area contributed by atoms with E-state index >= 15 is 0 Å². The van der Waals surface area contributed by atoms with E-state index in [0.29, 0.717) is 12.1 Å². The predicted octanol–water partition coefficient (Wildman–Crippen LogP) is 2.14. The fourth-order valence-electron chi connectivity index (χ4n) is 3.98. The molecule has 1 N–H and O–H groups in total. The number of nitrogens with zero attached hydrogens (tertiary/aromatic N) is 1. The SMILES string of the molecule is CC(C)(C)OC(=O)N1[C@H]2C[C@@H]3CN[C@](C)(C2)[C@H]1C3. The van der Waals surface area contributed by atoms with E-state index in [-0.39, 0.29) is 11.6 Å². The smallest absolute Gasteiger partial charge is 0.410 e. The lowest BCUT2D eigenvalue weighted by Gasteiger charge is -2.46. The molecule has 4 nitrogen and oxygen atoms in total. The highest BCUT2D eigenvalue weighted by Gasteiger charge is 2.58. The molecule has 102 valence electrons. The number of piperidine rings is 2. The first kappa shape index (κ1) is 12.3. The van der Waals surface area contributed by atoms with Gasteiger partial charge in [0.2, 0.25) is 0 Å². The van der Waals surface area contributed by atoms with Crippen molar-refractivity contribution in [3.05, 3.63) is 0 Å². The predicted molar refractivity (Wildman–Crippen MR) is 69.4 cm³/mol. The summed E-state index contributed by atoms with van der Waals surface area (Å²) >= 11 is 0. The fourth-order valence-corrected chi connectivity index (χ4v) is 3.98. The average molecular weight is 252 g/mol. The highest BCUT2D eigenvalue weighted by molar-refractivity contribution is 5.70. The van der Waals surface area contributed by atoms with Crippen LogP contribution in [0.4, 0.5) is 4.79 Å². The van der Waals surface area contributed by atoms with Gasteiger partial charge in [-0.15, -0.1) is 0 Å². The van der Waals surface area contributed by atoms with Crippen molar-refractivity contribution < 1.29 is 9.53 Å². The van der Waals surface area contributed by atoms with Crippen molar-refractivity contribution >= 4 is 6.09 Å². The molecule has 0 unspecified atom stereocenters. The van der Waals surface area contributed by atoms with E-state index in [9.17, 15) is 4.79 Å². The summed E-state index contributed by atoms with van der Waals surface area (Å²) in [6.45, 7) is 9.18. The van der Waals surface area contributed by atoms with Crippen LogP contribution in [0.5, 0.6) is 0 Å². The summed E-state index contributed by atoms with van der Waals surface area (Å²) in [5.41, 5.74) is -0.296. The van der Waals surface area contributed by atoms with Gasteiger partial charge in [0, 0.05) is 11.6 Å². The van der Waals surface area contributed by atoms with Gasteiger partial charge in [0.25, 0.3) is 0 Å². The van der Waals surface area contributed by atoms with Gasteiger partial charge in [0.05, 0.1) is 6.04 Å². The van der Waals surface area contributed by atoms with Gasteiger partial charge in [-0.05, 0) is 59.4 Å². The molecule has 3 aliphatic heterocycles. The van der Waals surface area contributed by atoms with Crippen molar-refractivity contribution in [2.45, 2.75) is 70.2 Å². The van der Waals surface area contributed by atoms with Crippen LogP contribution in [0.2, 0.25) is 0 Å². The van der Waals surface area contributed by atoms with Gasteiger partial charge in [-0.2, -0.15) is 0 Å². The molecule has 3 aliphatic rings. The van der Waals surface area contributed by atoms with Crippen LogP contribution in [0.25, 0.3) is 0 Å². The molecule has 0 saturated carbocycles. The van der Waals surface area contributed by atoms with Crippen molar-refractivity contribution in [3.8, 4) is 0 Å². The molecular weight excluding hydrogens is 228 g/mol. The van der Waals surface area contributed by atoms with Crippen LogP contribution < -0.4 is 5.32 Å². The summed E-state index contributed by atoms with van der Waals surface area (Å²) in [5, 5.41) is 3.65. The Bertz CT molecular complexity index is 376. The molecule has 1 amide bonds. The van der Waals surface area contributed by atoms with E-state index in [0.717, 1.165) is 31.7 Å². The number of fused-ring (bicyclic) bond motifs is 2. The van der Waals surface area contributed by atoms with Crippen LogP contribution in [0.15, 0.2) is 0 Å². The Morgan fingerprint density at radius 3 is 2.78 bits per heavy atom. The van der Waals surface area contributed by atoms with Crippen LogP contribution in [-0.2, 0) is 4.74 Å². The topological polar surface area (TPSA) is 41.6 Å². The first-order valence-electron chi connectivity index (χ1n) is 7.05. The number of hydrogen-bond acceptors (Lipinski definition) is 3. The van der Waals surface area contributed by atoms with E-state index in [1.54, 1.807) is 0 Å². The molecule has 18 heavy (non-hydrogen) atoms. The standard InChI is InChI=1S/C14H24N2O2/c1-13(2,3)18-12(17)16-10-5-9-6-11(16)14(4,7-10)15-8-9/h9-11,15H,5-8H2,1-4H3/t9-,10-,11+,14+/m0/s1. The van der Waals surface area contributed by atoms with Crippen molar-refractivity contribution in [2.24, 2.45) is 5.92 Å². The highest BCUT2D eigenvalue weighted by Crippen LogP contribution is 2.47. The van der Waals surface area contributed by atoms with Crippen LogP contribution in [0, 0.1) is 5.92 Å². The number of ether oxygens (including phenoxy) is 1. The molecule has 3 rings (SSSR count). The van der Waals surface area contributed by atoms with Gasteiger partial charge in [0.1, 0.15) is 5.60 Å². The lowest BCUT2D eigenvalue weighted by molar-refractivity contribution is -0.00874. The Morgan fingerprint density at radius 2 is 2.11 bits per heavy atom. The van der Waals surface area contributed by atoms with Crippen molar-refractivity contribution in [2.75, 3.05) is 6.54 Å². The molecule has 0 radical (unpaired) electrons. The van der Waals surface area contributed by atoms with Gasteiger partial charge in [-0.1, -0.05) is 0 Å². The first-order valence-corrected chi connectivity index (χ1v) is 7.05. The van der Waals surface area contributed by atoms with Gasteiger partial charge < -0.3 is 15.0 Å². The largest absolute Gasteiger partial charge is 0.444 e. The molecule has 0 aromatic rings. The minimum Gasteiger partial charge on any atom is -0.444 e. The Kier molecular flexibility index (Phi) is 2.47. The Hall–Kier alpha value is -0.770. The summed E-state index contributed by atoms with van der Waals surface area (Å²) in [6.07, 6.45) is 3.23. The summed E-state index contributed by atoms with van der Waals surface area (Å²) in [4.78, 5) is 14.4. The number of carbonyl (C=O) groups is 1. The molecule has 3 fully saturated rings. The zero-order valence-corrected chi connectivity index (χ0v) is 11.8. The van der Waals surface area contributed by atoms with Crippen LogP contribution >= 0.6 is 0 Å². The molecule has 3 bridgehead atoms. The summed E-state index contributed by atoms with van der Waals surface area (Å²) < 4.78 is 5.57. The molecule has 0 aromatic carbocycles. The maximum Gasteiger partial charge on any atom is 0.410 e. The van der Waals surface area contributed by atoms with Gasteiger partial charge in [0.15, 0.2) is 0 Å². The van der Waals surface area contributed by atoms with E-state index in [1.165, 1.54) is 0 Å². The Morgan fingerprint density at radius 1 is 1.39 bits per heavy atom. The molecule has 4 atom stereocenters. The number of rotatable bonds is 0. The van der Waals surface area contributed by atoms with Crippen LogP contribution in [0.1, 0.15) is 47.0 Å². The second kappa shape index (κ2) is 3.62. The van der Waals surface area contributed by atoms with E-state index < -0.39 is 5.60 Å². The number of amides is 1. The summed E-state index contributed by atoms with van der Waals surface area (Å²) in [7, 11) is 0. The fraction of sp³-hybridized carbons (Fsp3) is 0.929. The minimum atomic E-state index is -0.401. The lowest BCUT2D eigenvalue weighted by Crippen LogP contribution is -2.61. The molecule has 0 aromatic heterocycles. The second-order valence-corrected chi connectivity index (χ2v) is 7.40. The molecular formula is C14H24N2O2. The van der Waals surface area contributed by atoms with Gasteiger partial charge in [-0.3, -0.25) is 0 Å². The summed E-state index contributed by atoms with van der Waals surface area (Å²) in [5.74, 6) is 0.745. The van der Waals surface area contributed by atoms with Crippen molar-refractivity contribution in [3.63, 3.8) is 0 Å². The first-order chi connectivity index (χ1) is 8.28. The lowest BCUT2D eigenvalue weighted by atomic mass is 9.82. The number of nitrogens with one attached hydrogen (secondary N) is 1. The molecule has 0 spiro atoms. The molecule has 3 heterocycles. The number of carbonyl (C=O) groups excluding carboxylic acids is 1. The van der Waals surface area contributed by atoms with Gasteiger partial charge in [-0.25, -0.2) is 4.79 Å². The van der Waals surface area contributed by atoms with Crippen molar-refractivity contribution in [1.82, 2.24) is 10.2 Å². The van der Waals surface area contributed by atoms with E-state index in [2.05, 4.69) is 12.2 Å².